The van der Waals surface area contributed by atoms with E-state index in [0.29, 0.717) is 19.3 Å². The van der Waals surface area contributed by atoms with Crippen LogP contribution in [0.1, 0.15) is 58.3 Å². The lowest BCUT2D eigenvalue weighted by Gasteiger charge is -2.24. The highest BCUT2D eigenvalue weighted by molar-refractivity contribution is 5.97. The Hall–Kier alpha value is -1.72. The zero-order valence-corrected chi connectivity index (χ0v) is 12.2. The lowest BCUT2D eigenvalue weighted by molar-refractivity contribution is -0.157. The fraction of sp³-hybridized carbons (Fsp3) is 0.733. The van der Waals surface area contributed by atoms with Gasteiger partial charge in [-0.15, -0.1) is 0 Å². The van der Waals surface area contributed by atoms with Gasteiger partial charge in [0.15, 0.2) is 0 Å². The van der Waals surface area contributed by atoms with Crippen LogP contribution in [0.25, 0.3) is 0 Å². The summed E-state index contributed by atoms with van der Waals surface area (Å²) in [7, 11) is 0. The molecule has 6 nitrogen and oxygen atoms in total. The van der Waals surface area contributed by atoms with Gasteiger partial charge in [-0.2, -0.15) is 0 Å². The number of rotatable bonds is 7. The summed E-state index contributed by atoms with van der Waals surface area (Å²) in [5, 5.41) is 0. The Kier molecular flexibility index (Phi) is 4.75. The molecule has 0 aromatic carbocycles. The molecular weight excluding hydrogens is 276 g/mol. The molecule has 2 aliphatic rings. The van der Waals surface area contributed by atoms with Gasteiger partial charge in [-0.3, -0.25) is 19.2 Å². The van der Waals surface area contributed by atoms with Crippen LogP contribution in [0, 0.1) is 11.3 Å². The quantitative estimate of drug-likeness (QED) is 0.405. The molecular formula is C15H20O6. The van der Waals surface area contributed by atoms with Crippen molar-refractivity contribution >= 4 is 23.9 Å². The highest BCUT2D eigenvalue weighted by Crippen LogP contribution is 2.42. The van der Waals surface area contributed by atoms with Crippen LogP contribution in [0.15, 0.2) is 0 Å². The van der Waals surface area contributed by atoms with Gasteiger partial charge < -0.3 is 9.47 Å². The summed E-state index contributed by atoms with van der Waals surface area (Å²) < 4.78 is 9.22. The summed E-state index contributed by atoms with van der Waals surface area (Å²) in [6.07, 6.45) is 4.31. The van der Waals surface area contributed by atoms with Crippen molar-refractivity contribution in [1.82, 2.24) is 0 Å². The molecule has 2 rings (SSSR count). The third-order valence-corrected chi connectivity index (χ3v) is 4.31. The smallest absolute Gasteiger partial charge is 0.320 e. The van der Waals surface area contributed by atoms with Crippen LogP contribution in [0.3, 0.4) is 0 Å². The van der Waals surface area contributed by atoms with Crippen LogP contribution < -0.4 is 0 Å². The van der Waals surface area contributed by atoms with E-state index in [0.717, 1.165) is 19.3 Å². The van der Waals surface area contributed by atoms with Gasteiger partial charge in [0.05, 0.1) is 24.2 Å². The van der Waals surface area contributed by atoms with E-state index in [2.05, 4.69) is 11.7 Å². The van der Waals surface area contributed by atoms with Gasteiger partial charge in [0.25, 0.3) is 0 Å². The summed E-state index contributed by atoms with van der Waals surface area (Å²) in [5.41, 5.74) is -0.821. The highest BCUT2D eigenvalue weighted by Gasteiger charge is 2.49. The average Bonchev–Trinajstić information content (AvgIpc) is 2.87. The van der Waals surface area contributed by atoms with Crippen molar-refractivity contribution in [3.05, 3.63) is 0 Å². The zero-order valence-electron chi connectivity index (χ0n) is 12.2. The van der Waals surface area contributed by atoms with E-state index in [4.69, 9.17) is 4.74 Å². The Labute approximate surface area is 123 Å². The molecule has 2 atom stereocenters. The molecule has 2 saturated heterocycles. The molecule has 0 aromatic rings. The number of unbranched alkanes of at least 4 members (excludes halogenated alkanes) is 2. The molecule has 0 amide bonds. The number of hydrogen-bond acceptors (Lipinski definition) is 6. The standard InChI is InChI=1S/C15H20O6/c1-2-3-4-6-15(9-12(17)21-14(15)19)7-5-10-8-11(16)20-13(10)18/h10H,2-9H2,1H3. The van der Waals surface area contributed by atoms with Crippen molar-refractivity contribution in [3.8, 4) is 0 Å². The maximum Gasteiger partial charge on any atom is 0.320 e. The van der Waals surface area contributed by atoms with Crippen molar-refractivity contribution in [2.24, 2.45) is 11.3 Å². The molecule has 116 valence electrons. The van der Waals surface area contributed by atoms with Crippen LogP contribution in [-0.4, -0.2) is 23.9 Å². The van der Waals surface area contributed by atoms with Crippen LogP contribution in [-0.2, 0) is 28.7 Å². The Bertz CT molecular complexity index is 469. The van der Waals surface area contributed by atoms with E-state index in [9.17, 15) is 19.2 Å². The van der Waals surface area contributed by atoms with E-state index in [-0.39, 0.29) is 12.8 Å². The molecule has 6 heteroatoms. The van der Waals surface area contributed by atoms with Gasteiger partial charge in [-0.05, 0) is 19.3 Å². The molecule has 0 bridgehead atoms. The first-order chi connectivity index (χ1) is 9.97. The predicted molar refractivity (Wildman–Crippen MR) is 70.7 cm³/mol. The summed E-state index contributed by atoms with van der Waals surface area (Å²) in [6, 6.07) is 0. The lowest BCUT2D eigenvalue weighted by atomic mass is 9.75. The zero-order chi connectivity index (χ0) is 15.5. The molecule has 2 unspecified atom stereocenters. The van der Waals surface area contributed by atoms with Gasteiger partial charge in [0.2, 0.25) is 0 Å². The van der Waals surface area contributed by atoms with Crippen molar-refractivity contribution in [2.75, 3.05) is 0 Å². The number of cyclic esters (lactones) is 4. The molecule has 0 aromatic heterocycles. The highest BCUT2D eigenvalue weighted by atomic mass is 16.6. The van der Waals surface area contributed by atoms with Gasteiger partial charge in [0, 0.05) is 0 Å². The van der Waals surface area contributed by atoms with Crippen molar-refractivity contribution in [1.29, 1.82) is 0 Å². The Morgan fingerprint density at radius 1 is 1.05 bits per heavy atom. The normalized spacial score (nSPS) is 28.9. The van der Waals surface area contributed by atoms with Crippen molar-refractivity contribution in [2.45, 2.75) is 58.3 Å². The van der Waals surface area contributed by atoms with Crippen LogP contribution >= 0.6 is 0 Å². The summed E-state index contributed by atoms with van der Waals surface area (Å²) in [4.78, 5) is 46.0. The fourth-order valence-corrected chi connectivity index (χ4v) is 3.01. The monoisotopic (exact) mass is 296 g/mol. The number of carbonyl (C=O) groups excluding carboxylic acids is 4. The Morgan fingerprint density at radius 3 is 2.33 bits per heavy atom. The van der Waals surface area contributed by atoms with E-state index >= 15 is 0 Å². The second-order valence-electron chi connectivity index (χ2n) is 5.91. The first-order valence-corrected chi connectivity index (χ1v) is 7.46. The van der Waals surface area contributed by atoms with Crippen molar-refractivity contribution < 1.29 is 28.7 Å². The minimum atomic E-state index is -0.821. The molecule has 0 saturated carbocycles. The molecule has 2 fully saturated rings. The van der Waals surface area contributed by atoms with Crippen molar-refractivity contribution in [3.63, 3.8) is 0 Å². The molecule has 21 heavy (non-hydrogen) atoms. The molecule has 0 spiro atoms. The maximum absolute atomic E-state index is 12.0. The number of esters is 4. The topological polar surface area (TPSA) is 86.7 Å². The van der Waals surface area contributed by atoms with Gasteiger partial charge >= 0.3 is 23.9 Å². The second kappa shape index (κ2) is 6.37. The van der Waals surface area contributed by atoms with E-state index < -0.39 is 35.2 Å². The number of ether oxygens (including phenoxy) is 2. The summed E-state index contributed by atoms with van der Waals surface area (Å²) >= 11 is 0. The fourth-order valence-electron chi connectivity index (χ4n) is 3.01. The van der Waals surface area contributed by atoms with Gasteiger partial charge in [0.1, 0.15) is 0 Å². The first kappa shape index (κ1) is 15.7. The molecule has 2 heterocycles. The Balaban J connectivity index is 1.99. The van der Waals surface area contributed by atoms with Crippen LogP contribution in [0.2, 0.25) is 0 Å². The lowest BCUT2D eigenvalue weighted by Crippen LogP contribution is -2.28. The summed E-state index contributed by atoms with van der Waals surface area (Å²) in [6.45, 7) is 2.06. The molecule has 0 N–H and O–H groups in total. The molecule has 2 aliphatic heterocycles. The van der Waals surface area contributed by atoms with E-state index in [1.54, 1.807) is 0 Å². The van der Waals surface area contributed by atoms with E-state index in [1.807, 2.05) is 0 Å². The van der Waals surface area contributed by atoms with Gasteiger partial charge in [-0.1, -0.05) is 26.2 Å². The number of hydrogen-bond donors (Lipinski definition) is 0. The molecule has 0 aliphatic carbocycles. The summed E-state index contributed by atoms with van der Waals surface area (Å²) in [5.74, 6) is -2.52. The average molecular weight is 296 g/mol. The number of carbonyl (C=O) groups is 4. The molecule has 0 radical (unpaired) electrons. The SMILES string of the molecule is CCCCCC1(CCC2CC(=O)OC2=O)CC(=O)OC1=O. The Morgan fingerprint density at radius 2 is 1.81 bits per heavy atom. The maximum atomic E-state index is 12.0. The van der Waals surface area contributed by atoms with E-state index in [1.165, 1.54) is 0 Å². The minimum absolute atomic E-state index is 0.0624. The van der Waals surface area contributed by atoms with Crippen LogP contribution in [0.4, 0.5) is 0 Å². The third kappa shape index (κ3) is 3.49. The van der Waals surface area contributed by atoms with Gasteiger partial charge in [-0.25, -0.2) is 0 Å². The second-order valence-corrected chi connectivity index (χ2v) is 5.91. The largest absolute Gasteiger partial charge is 0.393 e. The third-order valence-electron chi connectivity index (χ3n) is 4.31. The van der Waals surface area contributed by atoms with Crippen LogP contribution in [0.5, 0.6) is 0 Å². The predicted octanol–water partition coefficient (Wildman–Crippen LogP) is 1.90. The minimum Gasteiger partial charge on any atom is -0.393 e. The first-order valence-electron chi connectivity index (χ1n) is 7.46.